The molecule has 1 heterocycles. The summed E-state index contributed by atoms with van der Waals surface area (Å²) in [6.45, 7) is 0.460. The first-order valence-corrected chi connectivity index (χ1v) is 6.75. The van der Waals surface area contributed by atoms with Crippen LogP contribution in [0.25, 0.3) is 10.9 Å². The molecule has 0 saturated carbocycles. The molecule has 0 spiro atoms. The highest BCUT2D eigenvalue weighted by Crippen LogP contribution is 2.15. The van der Waals surface area contributed by atoms with Crippen molar-refractivity contribution in [2.75, 3.05) is 5.32 Å². The van der Waals surface area contributed by atoms with E-state index in [1.54, 1.807) is 6.20 Å². The standard InChI is InChI=1S/C17H15N3O/c21-17(20-14-6-2-1-3-7-14)19-12-13-10-11-18-16-9-5-4-8-15(13)16/h1-11H,12H2,(H2,19,20,21). The fourth-order valence-electron chi connectivity index (χ4n) is 2.18. The van der Waals surface area contributed by atoms with Crippen LogP contribution in [0.15, 0.2) is 66.9 Å². The third kappa shape index (κ3) is 3.17. The molecule has 21 heavy (non-hydrogen) atoms. The summed E-state index contributed by atoms with van der Waals surface area (Å²) in [7, 11) is 0. The van der Waals surface area contributed by atoms with Crippen LogP contribution < -0.4 is 10.6 Å². The minimum atomic E-state index is -0.220. The van der Waals surface area contributed by atoms with Gasteiger partial charge in [0.05, 0.1) is 5.52 Å². The molecule has 0 atom stereocenters. The number of anilines is 1. The maximum atomic E-state index is 11.9. The van der Waals surface area contributed by atoms with Crippen molar-refractivity contribution in [3.63, 3.8) is 0 Å². The summed E-state index contributed by atoms with van der Waals surface area (Å²) in [4.78, 5) is 16.2. The lowest BCUT2D eigenvalue weighted by Crippen LogP contribution is -2.28. The number of hydrogen-bond donors (Lipinski definition) is 2. The van der Waals surface area contributed by atoms with Crippen LogP contribution in [0.3, 0.4) is 0 Å². The van der Waals surface area contributed by atoms with E-state index in [0.29, 0.717) is 6.54 Å². The van der Waals surface area contributed by atoms with Crippen molar-refractivity contribution in [3.8, 4) is 0 Å². The minimum Gasteiger partial charge on any atom is -0.334 e. The molecule has 0 aliphatic rings. The van der Waals surface area contributed by atoms with Gasteiger partial charge in [0.25, 0.3) is 0 Å². The topological polar surface area (TPSA) is 54.0 Å². The van der Waals surface area contributed by atoms with Crippen LogP contribution >= 0.6 is 0 Å². The van der Waals surface area contributed by atoms with E-state index in [0.717, 1.165) is 22.2 Å². The Kier molecular flexibility index (Phi) is 3.78. The third-order valence-electron chi connectivity index (χ3n) is 3.21. The van der Waals surface area contributed by atoms with Gasteiger partial charge in [-0.05, 0) is 29.8 Å². The van der Waals surface area contributed by atoms with E-state index >= 15 is 0 Å². The van der Waals surface area contributed by atoms with Crippen molar-refractivity contribution in [2.24, 2.45) is 0 Å². The molecule has 3 rings (SSSR count). The number of urea groups is 1. The van der Waals surface area contributed by atoms with Crippen LogP contribution in [-0.2, 0) is 6.54 Å². The largest absolute Gasteiger partial charge is 0.334 e. The van der Waals surface area contributed by atoms with Crippen molar-refractivity contribution >= 4 is 22.6 Å². The fraction of sp³-hybridized carbons (Fsp3) is 0.0588. The van der Waals surface area contributed by atoms with Crippen LogP contribution in [0.2, 0.25) is 0 Å². The molecule has 0 aliphatic carbocycles. The molecule has 104 valence electrons. The van der Waals surface area contributed by atoms with Crippen molar-refractivity contribution in [2.45, 2.75) is 6.54 Å². The quantitative estimate of drug-likeness (QED) is 0.769. The smallest absolute Gasteiger partial charge is 0.319 e. The molecule has 3 aromatic rings. The monoisotopic (exact) mass is 277 g/mol. The van der Waals surface area contributed by atoms with E-state index in [1.807, 2.05) is 60.7 Å². The molecule has 4 heteroatoms. The number of para-hydroxylation sites is 2. The maximum absolute atomic E-state index is 11.9. The minimum absolute atomic E-state index is 0.220. The van der Waals surface area contributed by atoms with Crippen LogP contribution in [0.1, 0.15) is 5.56 Å². The number of aromatic nitrogens is 1. The maximum Gasteiger partial charge on any atom is 0.319 e. The molecule has 0 bridgehead atoms. The highest BCUT2D eigenvalue weighted by molar-refractivity contribution is 5.89. The number of carbonyl (C=O) groups excluding carboxylic acids is 1. The van der Waals surface area contributed by atoms with Gasteiger partial charge >= 0.3 is 6.03 Å². The second-order valence-corrected chi connectivity index (χ2v) is 4.66. The van der Waals surface area contributed by atoms with Gasteiger partial charge in [-0.3, -0.25) is 4.98 Å². The predicted molar refractivity (Wildman–Crippen MR) is 84.0 cm³/mol. The Morgan fingerprint density at radius 2 is 1.71 bits per heavy atom. The fourth-order valence-corrected chi connectivity index (χ4v) is 2.18. The third-order valence-corrected chi connectivity index (χ3v) is 3.21. The van der Waals surface area contributed by atoms with Gasteiger partial charge in [0, 0.05) is 23.8 Å². The number of carbonyl (C=O) groups is 1. The lowest BCUT2D eigenvalue weighted by Gasteiger charge is -2.09. The molecular formula is C17H15N3O. The van der Waals surface area contributed by atoms with Crippen molar-refractivity contribution in [1.82, 2.24) is 10.3 Å². The molecule has 0 radical (unpaired) electrons. The first-order chi connectivity index (χ1) is 10.3. The molecule has 0 aliphatic heterocycles. The van der Waals surface area contributed by atoms with E-state index in [9.17, 15) is 4.79 Å². The Balaban J connectivity index is 1.68. The number of nitrogens with one attached hydrogen (secondary N) is 2. The highest BCUT2D eigenvalue weighted by atomic mass is 16.2. The van der Waals surface area contributed by atoms with E-state index in [2.05, 4.69) is 15.6 Å². The van der Waals surface area contributed by atoms with Gasteiger partial charge in [0.15, 0.2) is 0 Å². The Bertz CT molecular complexity index is 751. The van der Waals surface area contributed by atoms with Crippen LogP contribution in [0.5, 0.6) is 0 Å². The van der Waals surface area contributed by atoms with Gasteiger partial charge in [-0.15, -0.1) is 0 Å². The Morgan fingerprint density at radius 1 is 0.952 bits per heavy atom. The molecule has 2 N–H and O–H groups in total. The van der Waals surface area contributed by atoms with Crippen LogP contribution in [0.4, 0.5) is 10.5 Å². The molecule has 2 aromatic carbocycles. The summed E-state index contributed by atoms with van der Waals surface area (Å²) in [6, 6.07) is 19.0. The zero-order valence-corrected chi connectivity index (χ0v) is 11.4. The van der Waals surface area contributed by atoms with Crippen LogP contribution in [-0.4, -0.2) is 11.0 Å². The van der Waals surface area contributed by atoms with Gasteiger partial charge in [-0.2, -0.15) is 0 Å². The Morgan fingerprint density at radius 3 is 2.57 bits per heavy atom. The number of fused-ring (bicyclic) bond motifs is 1. The summed E-state index contributed by atoms with van der Waals surface area (Å²) in [5.41, 5.74) is 2.75. The summed E-state index contributed by atoms with van der Waals surface area (Å²) in [5.74, 6) is 0. The van der Waals surface area contributed by atoms with Gasteiger partial charge in [0.1, 0.15) is 0 Å². The number of amides is 2. The number of benzene rings is 2. The van der Waals surface area contributed by atoms with Crippen molar-refractivity contribution in [1.29, 1.82) is 0 Å². The second-order valence-electron chi connectivity index (χ2n) is 4.66. The van der Waals surface area contributed by atoms with Crippen molar-refractivity contribution in [3.05, 3.63) is 72.4 Å². The number of nitrogens with zero attached hydrogens (tertiary/aromatic N) is 1. The molecule has 1 aromatic heterocycles. The van der Waals surface area contributed by atoms with Crippen molar-refractivity contribution < 1.29 is 4.79 Å². The van der Waals surface area contributed by atoms with Gasteiger partial charge in [-0.1, -0.05) is 36.4 Å². The summed E-state index contributed by atoms with van der Waals surface area (Å²) in [5, 5.41) is 6.71. The average molecular weight is 277 g/mol. The van der Waals surface area contributed by atoms with Gasteiger partial charge in [-0.25, -0.2) is 4.79 Å². The first kappa shape index (κ1) is 13.1. The SMILES string of the molecule is O=C(NCc1ccnc2ccccc12)Nc1ccccc1. The molecule has 0 unspecified atom stereocenters. The predicted octanol–water partition coefficient (Wildman–Crippen LogP) is 3.56. The normalized spacial score (nSPS) is 10.3. The summed E-state index contributed by atoms with van der Waals surface area (Å²) < 4.78 is 0. The molecule has 0 fully saturated rings. The zero-order chi connectivity index (χ0) is 14.5. The van der Waals surface area contributed by atoms with E-state index in [-0.39, 0.29) is 6.03 Å². The summed E-state index contributed by atoms with van der Waals surface area (Å²) in [6.07, 6.45) is 1.76. The van der Waals surface area contributed by atoms with E-state index in [4.69, 9.17) is 0 Å². The lowest BCUT2D eigenvalue weighted by molar-refractivity contribution is 0.252. The molecule has 0 saturated heterocycles. The number of hydrogen-bond acceptors (Lipinski definition) is 2. The van der Waals surface area contributed by atoms with Gasteiger partial charge < -0.3 is 10.6 Å². The van der Waals surface area contributed by atoms with Gasteiger partial charge in [0.2, 0.25) is 0 Å². The second kappa shape index (κ2) is 6.05. The number of pyridine rings is 1. The molecule has 2 amide bonds. The molecular weight excluding hydrogens is 262 g/mol. The zero-order valence-electron chi connectivity index (χ0n) is 11.4. The summed E-state index contributed by atoms with van der Waals surface area (Å²) >= 11 is 0. The Labute approximate surface area is 122 Å². The highest BCUT2D eigenvalue weighted by Gasteiger charge is 2.04. The number of rotatable bonds is 3. The average Bonchev–Trinajstić information content (AvgIpc) is 2.54. The first-order valence-electron chi connectivity index (χ1n) is 6.75. The molecule has 4 nitrogen and oxygen atoms in total. The van der Waals surface area contributed by atoms with Crippen LogP contribution in [0, 0.1) is 0 Å². The van der Waals surface area contributed by atoms with E-state index < -0.39 is 0 Å². The lowest BCUT2D eigenvalue weighted by atomic mass is 10.1. The van der Waals surface area contributed by atoms with E-state index in [1.165, 1.54) is 0 Å². The Hall–Kier alpha value is -2.88.